The minimum absolute atomic E-state index is 0.0273. The monoisotopic (exact) mass is 218 g/mol. The van der Waals surface area contributed by atoms with Gasteiger partial charge in [0.2, 0.25) is 0 Å². The summed E-state index contributed by atoms with van der Waals surface area (Å²) in [6.45, 7) is 1.72. The fourth-order valence-electron chi connectivity index (χ4n) is 1.70. The lowest BCUT2D eigenvalue weighted by molar-refractivity contribution is -0.129. The number of aliphatic imine (C=N–C) groups is 1. The van der Waals surface area contributed by atoms with Gasteiger partial charge in [0.25, 0.3) is 11.9 Å². The predicted molar refractivity (Wildman–Crippen MR) is 60.9 cm³/mol. The van der Waals surface area contributed by atoms with E-state index in [1.54, 1.807) is 6.92 Å². The van der Waals surface area contributed by atoms with Crippen molar-refractivity contribution in [2.45, 2.75) is 25.4 Å². The van der Waals surface area contributed by atoms with Gasteiger partial charge in [-0.25, -0.2) is 0 Å². The quantitative estimate of drug-likeness (QED) is 0.830. The molecule has 0 spiro atoms. The summed E-state index contributed by atoms with van der Waals surface area (Å²) in [5.41, 5.74) is 5.66. The van der Waals surface area contributed by atoms with Crippen LogP contribution in [0.4, 0.5) is 0 Å². The topological polar surface area (TPSA) is 64.7 Å². The molecule has 1 aromatic rings. The van der Waals surface area contributed by atoms with Gasteiger partial charge in [-0.3, -0.25) is 4.79 Å². The zero-order valence-electron chi connectivity index (χ0n) is 9.14. The van der Waals surface area contributed by atoms with Crippen molar-refractivity contribution in [2.24, 2.45) is 10.7 Å². The first-order valence-corrected chi connectivity index (χ1v) is 5.22. The molecule has 0 fully saturated rings. The van der Waals surface area contributed by atoms with Crippen LogP contribution in [0.2, 0.25) is 0 Å². The second kappa shape index (κ2) is 3.96. The lowest BCUT2D eigenvalue weighted by Crippen LogP contribution is -2.35. The third-order valence-corrected chi connectivity index (χ3v) is 2.73. The van der Waals surface area contributed by atoms with E-state index in [4.69, 9.17) is 10.5 Å². The Bertz CT molecular complexity index is 428. The number of nitrogens with zero attached hydrogens (tertiary/aromatic N) is 1. The SMILES string of the molecule is CC1(CCc2ccccc2)OC(N)=NC1=O. The Hall–Kier alpha value is -1.84. The molecule has 0 aliphatic carbocycles. The zero-order valence-corrected chi connectivity index (χ0v) is 9.14. The molecule has 2 N–H and O–H groups in total. The first-order chi connectivity index (χ1) is 7.60. The number of amides is 1. The van der Waals surface area contributed by atoms with Crippen LogP contribution in [-0.2, 0) is 16.0 Å². The molecule has 1 atom stereocenters. The molecule has 84 valence electrons. The van der Waals surface area contributed by atoms with Crippen LogP contribution in [0.15, 0.2) is 35.3 Å². The van der Waals surface area contributed by atoms with Gasteiger partial charge in [-0.15, -0.1) is 0 Å². The van der Waals surface area contributed by atoms with E-state index in [9.17, 15) is 4.79 Å². The van der Waals surface area contributed by atoms with E-state index in [2.05, 4.69) is 4.99 Å². The normalized spacial score (nSPS) is 24.1. The highest BCUT2D eigenvalue weighted by Crippen LogP contribution is 2.24. The lowest BCUT2D eigenvalue weighted by atomic mass is 9.96. The largest absolute Gasteiger partial charge is 0.449 e. The molecular weight excluding hydrogens is 204 g/mol. The van der Waals surface area contributed by atoms with Gasteiger partial charge >= 0.3 is 0 Å². The van der Waals surface area contributed by atoms with E-state index in [1.165, 1.54) is 5.56 Å². The summed E-state index contributed by atoms with van der Waals surface area (Å²) < 4.78 is 5.26. The van der Waals surface area contributed by atoms with E-state index >= 15 is 0 Å². The van der Waals surface area contributed by atoms with Crippen molar-refractivity contribution in [1.29, 1.82) is 0 Å². The number of ether oxygens (including phenoxy) is 1. The van der Waals surface area contributed by atoms with Crippen molar-refractivity contribution in [1.82, 2.24) is 0 Å². The number of aryl methyl sites for hydroxylation is 1. The summed E-state index contributed by atoms with van der Waals surface area (Å²) in [6, 6.07) is 9.92. The number of rotatable bonds is 3. The summed E-state index contributed by atoms with van der Waals surface area (Å²) >= 11 is 0. The number of hydrogen-bond donors (Lipinski definition) is 1. The predicted octanol–water partition coefficient (Wildman–Crippen LogP) is 1.25. The molecule has 16 heavy (non-hydrogen) atoms. The van der Waals surface area contributed by atoms with Crippen LogP contribution in [0.25, 0.3) is 0 Å². The molecule has 4 nitrogen and oxygen atoms in total. The van der Waals surface area contributed by atoms with E-state index in [0.29, 0.717) is 6.42 Å². The van der Waals surface area contributed by atoms with Crippen molar-refractivity contribution in [3.8, 4) is 0 Å². The molecule has 0 bridgehead atoms. The zero-order chi connectivity index (χ0) is 11.6. The third-order valence-electron chi connectivity index (χ3n) is 2.73. The number of nitrogens with two attached hydrogens (primary N) is 1. The van der Waals surface area contributed by atoms with Gasteiger partial charge in [0.15, 0.2) is 5.60 Å². The second-order valence-corrected chi connectivity index (χ2v) is 4.07. The highest BCUT2D eigenvalue weighted by molar-refractivity contribution is 6.00. The van der Waals surface area contributed by atoms with E-state index < -0.39 is 5.60 Å². The molecule has 0 saturated carbocycles. The number of benzene rings is 1. The summed E-state index contributed by atoms with van der Waals surface area (Å²) in [4.78, 5) is 15.1. The van der Waals surface area contributed by atoms with E-state index in [-0.39, 0.29) is 11.9 Å². The highest BCUT2D eigenvalue weighted by Gasteiger charge is 2.40. The molecule has 1 aliphatic rings. The summed E-state index contributed by atoms with van der Waals surface area (Å²) in [5.74, 6) is -0.291. The van der Waals surface area contributed by atoms with Gasteiger partial charge in [0, 0.05) is 6.42 Å². The number of hydrogen-bond acceptors (Lipinski definition) is 3. The van der Waals surface area contributed by atoms with Crippen LogP contribution >= 0.6 is 0 Å². The molecule has 1 aliphatic heterocycles. The molecule has 4 heteroatoms. The van der Waals surface area contributed by atoms with Gasteiger partial charge < -0.3 is 10.5 Å². The van der Waals surface area contributed by atoms with Crippen molar-refractivity contribution < 1.29 is 9.53 Å². The summed E-state index contributed by atoms with van der Waals surface area (Å²) in [7, 11) is 0. The van der Waals surface area contributed by atoms with Crippen LogP contribution in [0.1, 0.15) is 18.9 Å². The maximum absolute atomic E-state index is 11.5. The highest BCUT2D eigenvalue weighted by atomic mass is 16.5. The van der Waals surface area contributed by atoms with Gasteiger partial charge in [-0.2, -0.15) is 4.99 Å². The molecule has 0 aromatic heterocycles. The van der Waals surface area contributed by atoms with Crippen LogP contribution in [0, 0.1) is 0 Å². The lowest BCUT2D eigenvalue weighted by Gasteiger charge is -2.20. The Morgan fingerprint density at radius 2 is 2.06 bits per heavy atom. The van der Waals surface area contributed by atoms with Crippen LogP contribution in [0.5, 0.6) is 0 Å². The van der Waals surface area contributed by atoms with Crippen LogP contribution in [-0.4, -0.2) is 17.5 Å². The smallest absolute Gasteiger partial charge is 0.294 e. The van der Waals surface area contributed by atoms with Crippen LogP contribution in [0.3, 0.4) is 0 Å². The number of carbonyl (C=O) groups excluding carboxylic acids is 1. The average molecular weight is 218 g/mol. The maximum Gasteiger partial charge on any atom is 0.294 e. The Morgan fingerprint density at radius 1 is 1.38 bits per heavy atom. The molecule has 1 unspecified atom stereocenters. The summed E-state index contributed by atoms with van der Waals surface area (Å²) in [6.07, 6.45) is 1.35. The van der Waals surface area contributed by atoms with Crippen molar-refractivity contribution in [3.63, 3.8) is 0 Å². The summed E-state index contributed by atoms with van der Waals surface area (Å²) in [5, 5.41) is 0. The molecular formula is C12H14N2O2. The van der Waals surface area contributed by atoms with E-state index in [1.807, 2.05) is 30.3 Å². The Morgan fingerprint density at radius 3 is 2.62 bits per heavy atom. The Kier molecular flexibility index (Phi) is 2.64. The third kappa shape index (κ3) is 2.05. The first-order valence-electron chi connectivity index (χ1n) is 5.22. The maximum atomic E-state index is 11.5. The fourth-order valence-corrected chi connectivity index (χ4v) is 1.70. The molecule has 0 saturated heterocycles. The van der Waals surface area contributed by atoms with Gasteiger partial charge in [0.05, 0.1) is 0 Å². The van der Waals surface area contributed by atoms with Crippen molar-refractivity contribution in [2.75, 3.05) is 0 Å². The molecule has 0 radical (unpaired) electrons. The fraction of sp³-hybridized carbons (Fsp3) is 0.333. The number of carbonyl (C=O) groups is 1. The van der Waals surface area contributed by atoms with Gasteiger partial charge in [-0.05, 0) is 18.9 Å². The molecule has 1 heterocycles. The Balaban J connectivity index is 1.99. The minimum atomic E-state index is -0.889. The second-order valence-electron chi connectivity index (χ2n) is 4.07. The van der Waals surface area contributed by atoms with Crippen molar-refractivity contribution >= 4 is 11.9 Å². The van der Waals surface area contributed by atoms with Crippen molar-refractivity contribution in [3.05, 3.63) is 35.9 Å². The molecule has 2 rings (SSSR count). The first kappa shape index (κ1) is 10.7. The van der Waals surface area contributed by atoms with Gasteiger partial charge in [0.1, 0.15) is 0 Å². The van der Waals surface area contributed by atoms with Gasteiger partial charge in [-0.1, -0.05) is 30.3 Å². The Labute approximate surface area is 94.1 Å². The minimum Gasteiger partial charge on any atom is -0.449 e. The standard InChI is InChI=1S/C12H14N2O2/c1-12(10(15)14-11(13)16-12)8-7-9-5-3-2-4-6-9/h2-6H,7-8H2,1H3,(H2,13,14,15). The average Bonchev–Trinajstić information content (AvgIpc) is 2.52. The molecule has 1 amide bonds. The van der Waals surface area contributed by atoms with E-state index in [0.717, 1.165) is 6.42 Å². The molecule has 1 aromatic carbocycles. The number of amidine groups is 1. The van der Waals surface area contributed by atoms with Crippen LogP contribution < -0.4 is 5.73 Å².